The van der Waals surface area contributed by atoms with Gasteiger partial charge in [0.05, 0.1) is 11.3 Å². The number of aromatic carboxylic acids is 1. The summed E-state index contributed by atoms with van der Waals surface area (Å²) in [4.78, 5) is 24.7. The molecular weight excluding hydrogens is 194 g/mol. The first kappa shape index (κ1) is 9.45. The number of carbonyl (C=O) groups excluding carboxylic acids is 1. The number of aromatic nitrogens is 1. The highest BCUT2D eigenvalue weighted by Gasteiger charge is 2.07. The van der Waals surface area contributed by atoms with E-state index >= 15 is 0 Å². The first-order valence-corrected chi connectivity index (χ1v) is 4.45. The fourth-order valence-corrected chi connectivity index (χ4v) is 1.46. The van der Waals surface area contributed by atoms with Crippen LogP contribution in [0.25, 0.3) is 10.9 Å². The summed E-state index contributed by atoms with van der Waals surface area (Å²) in [6, 6.07) is 6.36. The quantitative estimate of drug-likeness (QED) is 0.734. The van der Waals surface area contributed by atoms with E-state index in [0.717, 1.165) is 10.9 Å². The van der Waals surface area contributed by atoms with Gasteiger partial charge in [0.15, 0.2) is 5.78 Å². The van der Waals surface area contributed by atoms with E-state index < -0.39 is 5.97 Å². The molecule has 15 heavy (non-hydrogen) atoms. The third-order valence-electron chi connectivity index (χ3n) is 2.25. The molecule has 0 bridgehead atoms. The Balaban J connectivity index is 2.62. The SMILES string of the molecule is CC(=O)c1cc2cc(C(=O)O)ccc2[nH]1. The largest absolute Gasteiger partial charge is 0.478 e. The van der Waals surface area contributed by atoms with E-state index in [1.807, 2.05) is 0 Å². The number of aromatic amines is 1. The summed E-state index contributed by atoms with van der Waals surface area (Å²) in [7, 11) is 0. The molecule has 0 spiro atoms. The van der Waals surface area contributed by atoms with Gasteiger partial charge in [-0.25, -0.2) is 4.79 Å². The minimum absolute atomic E-state index is 0.0666. The van der Waals surface area contributed by atoms with Crippen LogP contribution in [0.1, 0.15) is 27.8 Å². The van der Waals surface area contributed by atoms with Crippen molar-refractivity contribution in [2.75, 3.05) is 0 Å². The zero-order valence-corrected chi connectivity index (χ0v) is 8.07. The number of benzene rings is 1. The van der Waals surface area contributed by atoms with E-state index in [-0.39, 0.29) is 11.3 Å². The Morgan fingerprint density at radius 2 is 2.00 bits per heavy atom. The second-order valence-electron chi connectivity index (χ2n) is 3.35. The van der Waals surface area contributed by atoms with Crippen molar-refractivity contribution < 1.29 is 14.7 Å². The minimum Gasteiger partial charge on any atom is -0.478 e. The molecule has 0 atom stereocenters. The first-order valence-electron chi connectivity index (χ1n) is 4.45. The van der Waals surface area contributed by atoms with E-state index in [4.69, 9.17) is 5.11 Å². The average Bonchev–Trinajstić information content (AvgIpc) is 2.59. The molecule has 2 N–H and O–H groups in total. The molecule has 0 fully saturated rings. The van der Waals surface area contributed by atoms with Crippen molar-refractivity contribution in [3.05, 3.63) is 35.5 Å². The lowest BCUT2D eigenvalue weighted by atomic mass is 10.1. The zero-order chi connectivity index (χ0) is 11.0. The maximum Gasteiger partial charge on any atom is 0.335 e. The van der Waals surface area contributed by atoms with Crippen molar-refractivity contribution in [3.8, 4) is 0 Å². The summed E-state index contributed by atoms with van der Waals surface area (Å²) >= 11 is 0. The molecular formula is C11H9NO3. The van der Waals surface area contributed by atoms with Gasteiger partial charge in [-0.2, -0.15) is 0 Å². The number of hydrogen-bond acceptors (Lipinski definition) is 2. The lowest BCUT2D eigenvalue weighted by molar-refractivity contribution is 0.0697. The molecule has 0 aliphatic carbocycles. The molecule has 1 aromatic carbocycles. The van der Waals surface area contributed by atoms with E-state index in [2.05, 4.69) is 4.98 Å². The van der Waals surface area contributed by atoms with Crippen LogP contribution in [0.15, 0.2) is 24.3 Å². The van der Waals surface area contributed by atoms with Gasteiger partial charge < -0.3 is 10.1 Å². The van der Waals surface area contributed by atoms with Gasteiger partial charge in [-0.1, -0.05) is 0 Å². The van der Waals surface area contributed by atoms with Gasteiger partial charge in [0.25, 0.3) is 0 Å². The second-order valence-corrected chi connectivity index (χ2v) is 3.35. The van der Waals surface area contributed by atoms with Crippen LogP contribution in [0, 0.1) is 0 Å². The van der Waals surface area contributed by atoms with E-state index in [1.54, 1.807) is 18.2 Å². The molecule has 0 unspecified atom stereocenters. The fourth-order valence-electron chi connectivity index (χ4n) is 1.46. The van der Waals surface area contributed by atoms with Gasteiger partial charge >= 0.3 is 5.97 Å². The Labute approximate surface area is 85.5 Å². The molecule has 2 aromatic rings. The molecule has 0 radical (unpaired) electrons. The highest BCUT2D eigenvalue weighted by atomic mass is 16.4. The molecule has 4 heteroatoms. The Hall–Kier alpha value is -2.10. The third kappa shape index (κ3) is 1.61. The van der Waals surface area contributed by atoms with Gasteiger partial charge in [0.2, 0.25) is 0 Å². The summed E-state index contributed by atoms with van der Waals surface area (Å²) in [5.74, 6) is -1.04. The van der Waals surface area contributed by atoms with Crippen LogP contribution in [0.2, 0.25) is 0 Å². The Kier molecular flexibility index (Phi) is 2.04. The number of ketones is 1. The van der Waals surface area contributed by atoms with Crippen LogP contribution in [0.4, 0.5) is 0 Å². The molecule has 1 aromatic heterocycles. The summed E-state index contributed by atoms with van der Waals surface area (Å²) in [5.41, 5.74) is 1.48. The number of H-pyrrole nitrogens is 1. The smallest absolute Gasteiger partial charge is 0.335 e. The van der Waals surface area contributed by atoms with Crippen molar-refractivity contribution in [1.29, 1.82) is 0 Å². The summed E-state index contributed by atoms with van der Waals surface area (Å²) in [6.45, 7) is 1.46. The number of rotatable bonds is 2. The van der Waals surface area contributed by atoms with Crippen LogP contribution in [0.5, 0.6) is 0 Å². The number of Topliss-reactive ketones (excluding diaryl/α,β-unsaturated/α-hetero) is 1. The highest BCUT2D eigenvalue weighted by Crippen LogP contribution is 2.17. The zero-order valence-electron chi connectivity index (χ0n) is 8.07. The normalized spacial score (nSPS) is 10.5. The van der Waals surface area contributed by atoms with Gasteiger partial charge in [0, 0.05) is 17.8 Å². The number of fused-ring (bicyclic) bond motifs is 1. The van der Waals surface area contributed by atoms with Crippen LogP contribution < -0.4 is 0 Å². The molecule has 0 saturated carbocycles. The standard InChI is InChI=1S/C11H9NO3/c1-6(13)10-5-8-4-7(11(14)15)2-3-9(8)12-10/h2-5,12H,1H3,(H,14,15). The first-order chi connectivity index (χ1) is 7.08. The number of carboxylic acids is 1. The Bertz CT molecular complexity index is 542. The molecule has 0 amide bonds. The molecule has 0 aliphatic rings. The van der Waals surface area contributed by atoms with Gasteiger partial charge in [-0.15, -0.1) is 0 Å². The van der Waals surface area contributed by atoms with Crippen LogP contribution in [-0.4, -0.2) is 21.8 Å². The average molecular weight is 203 g/mol. The molecule has 1 heterocycles. The maximum atomic E-state index is 11.1. The maximum absolute atomic E-state index is 11.1. The fraction of sp³-hybridized carbons (Fsp3) is 0.0909. The number of nitrogens with one attached hydrogen (secondary N) is 1. The van der Waals surface area contributed by atoms with Gasteiger partial charge in [-0.05, 0) is 24.3 Å². The molecule has 0 aliphatic heterocycles. The predicted molar refractivity (Wildman–Crippen MR) is 55.3 cm³/mol. The van der Waals surface area contributed by atoms with Crippen molar-refractivity contribution in [1.82, 2.24) is 4.98 Å². The predicted octanol–water partition coefficient (Wildman–Crippen LogP) is 2.07. The van der Waals surface area contributed by atoms with Crippen LogP contribution in [0.3, 0.4) is 0 Å². The van der Waals surface area contributed by atoms with Crippen molar-refractivity contribution >= 4 is 22.7 Å². The van der Waals surface area contributed by atoms with Crippen molar-refractivity contribution in [2.24, 2.45) is 0 Å². The number of carboxylic acid groups (broad SMARTS) is 1. The molecule has 0 saturated heterocycles. The van der Waals surface area contributed by atoms with Gasteiger partial charge in [0.1, 0.15) is 0 Å². The molecule has 4 nitrogen and oxygen atoms in total. The lowest BCUT2D eigenvalue weighted by Crippen LogP contribution is -1.94. The summed E-state index contributed by atoms with van der Waals surface area (Å²) in [6.07, 6.45) is 0. The Morgan fingerprint density at radius 1 is 1.27 bits per heavy atom. The van der Waals surface area contributed by atoms with E-state index in [1.165, 1.54) is 13.0 Å². The topological polar surface area (TPSA) is 70.2 Å². The minimum atomic E-state index is -0.970. The third-order valence-corrected chi connectivity index (χ3v) is 2.25. The van der Waals surface area contributed by atoms with E-state index in [9.17, 15) is 9.59 Å². The summed E-state index contributed by atoms with van der Waals surface area (Å²) in [5, 5.41) is 9.52. The number of hydrogen-bond donors (Lipinski definition) is 2. The Morgan fingerprint density at radius 3 is 2.60 bits per heavy atom. The second kappa shape index (κ2) is 3.24. The van der Waals surface area contributed by atoms with Crippen LogP contribution in [-0.2, 0) is 0 Å². The lowest BCUT2D eigenvalue weighted by Gasteiger charge is -1.93. The highest BCUT2D eigenvalue weighted by molar-refractivity contribution is 6.00. The number of carbonyl (C=O) groups is 2. The summed E-state index contributed by atoms with van der Waals surface area (Å²) < 4.78 is 0. The molecule has 76 valence electrons. The van der Waals surface area contributed by atoms with Gasteiger partial charge in [-0.3, -0.25) is 4.79 Å². The van der Waals surface area contributed by atoms with Crippen molar-refractivity contribution in [3.63, 3.8) is 0 Å². The van der Waals surface area contributed by atoms with E-state index in [0.29, 0.717) is 5.69 Å². The monoisotopic (exact) mass is 203 g/mol. The van der Waals surface area contributed by atoms with Crippen LogP contribution >= 0.6 is 0 Å². The molecule has 2 rings (SSSR count). The van der Waals surface area contributed by atoms with Crippen molar-refractivity contribution in [2.45, 2.75) is 6.92 Å².